The smallest absolute Gasteiger partial charge is 0.344 e. The van der Waals surface area contributed by atoms with Gasteiger partial charge in [0.1, 0.15) is 5.75 Å². The summed E-state index contributed by atoms with van der Waals surface area (Å²) in [7, 11) is 0. The van der Waals surface area contributed by atoms with Crippen molar-refractivity contribution in [3.8, 4) is 5.75 Å². The van der Waals surface area contributed by atoms with Crippen LogP contribution in [0.15, 0.2) is 24.3 Å². The van der Waals surface area contributed by atoms with Crippen molar-refractivity contribution in [2.45, 2.75) is 49.7 Å². The zero-order valence-electron chi connectivity index (χ0n) is 17.8. The van der Waals surface area contributed by atoms with Crippen LogP contribution in [0.2, 0.25) is 0 Å². The number of nitrogens with one attached hydrogen (secondary N) is 2. The van der Waals surface area contributed by atoms with Crippen molar-refractivity contribution >= 4 is 41.4 Å². The number of benzene rings is 1. The predicted octanol–water partition coefficient (Wildman–Crippen LogP) is 3.88. The molecule has 1 heterocycles. The number of hydrogen-bond donors (Lipinski definition) is 2. The van der Waals surface area contributed by atoms with Gasteiger partial charge in [-0.15, -0.1) is 23.5 Å². The largest absolute Gasteiger partial charge is 0.482 e. The fourth-order valence-electron chi connectivity index (χ4n) is 3.63. The standard InChI is InChI=1S/C22H30N2O5S2/c1-15-5-2-3-6-18(15)23-22(27)24-19(25)13-29-20(26)14-28-17-9-7-16(8-10-17)21-30-11-4-12-31-21/h7-10,15,18,21H,2-6,11-14H2,1H3,(H2,23,24,25,27)/t15-,18+/m0/s1. The van der Waals surface area contributed by atoms with Crippen LogP contribution in [0.1, 0.15) is 49.2 Å². The van der Waals surface area contributed by atoms with Gasteiger partial charge in [-0.25, -0.2) is 9.59 Å². The lowest BCUT2D eigenvalue weighted by molar-refractivity contribution is -0.150. The lowest BCUT2D eigenvalue weighted by atomic mass is 9.86. The van der Waals surface area contributed by atoms with Gasteiger partial charge in [0, 0.05) is 6.04 Å². The minimum Gasteiger partial charge on any atom is -0.482 e. The molecule has 0 aromatic heterocycles. The van der Waals surface area contributed by atoms with E-state index in [0.29, 0.717) is 16.2 Å². The Morgan fingerprint density at radius 2 is 1.71 bits per heavy atom. The van der Waals surface area contributed by atoms with Gasteiger partial charge in [-0.2, -0.15) is 0 Å². The van der Waals surface area contributed by atoms with Gasteiger partial charge in [0.2, 0.25) is 0 Å². The maximum absolute atomic E-state index is 12.0. The molecule has 1 aliphatic heterocycles. The molecule has 0 spiro atoms. The third kappa shape index (κ3) is 7.96. The molecule has 0 radical (unpaired) electrons. The van der Waals surface area contributed by atoms with Crippen LogP contribution in [0.25, 0.3) is 0 Å². The van der Waals surface area contributed by atoms with Gasteiger partial charge in [0.05, 0.1) is 4.58 Å². The summed E-state index contributed by atoms with van der Waals surface area (Å²) in [6, 6.07) is 7.21. The highest BCUT2D eigenvalue weighted by atomic mass is 32.2. The van der Waals surface area contributed by atoms with Crippen molar-refractivity contribution in [3.05, 3.63) is 29.8 Å². The Morgan fingerprint density at radius 1 is 1.00 bits per heavy atom. The summed E-state index contributed by atoms with van der Waals surface area (Å²) in [5, 5.41) is 5.03. The number of thioether (sulfide) groups is 2. The van der Waals surface area contributed by atoms with E-state index in [9.17, 15) is 14.4 Å². The van der Waals surface area contributed by atoms with Crippen LogP contribution in [-0.4, -0.2) is 48.7 Å². The Hall–Kier alpha value is -1.87. The molecule has 1 saturated heterocycles. The number of rotatable bonds is 7. The van der Waals surface area contributed by atoms with Crippen molar-refractivity contribution in [2.75, 3.05) is 24.7 Å². The SMILES string of the molecule is C[C@H]1CCCC[C@H]1NC(=O)NC(=O)COC(=O)COc1ccc(C2SCCCS2)cc1. The van der Waals surface area contributed by atoms with Gasteiger partial charge < -0.3 is 14.8 Å². The molecule has 1 aromatic rings. The first-order chi connectivity index (χ1) is 15.0. The summed E-state index contributed by atoms with van der Waals surface area (Å²) in [6.07, 6.45) is 5.46. The number of hydrogen-bond acceptors (Lipinski definition) is 7. The Bertz CT molecular complexity index is 753. The monoisotopic (exact) mass is 466 g/mol. The zero-order chi connectivity index (χ0) is 22.1. The van der Waals surface area contributed by atoms with Gasteiger partial charge in [0.15, 0.2) is 13.2 Å². The minimum absolute atomic E-state index is 0.0687. The lowest BCUT2D eigenvalue weighted by Gasteiger charge is -2.29. The fraction of sp³-hybridized carbons (Fsp3) is 0.591. The molecular formula is C22H30N2O5S2. The molecule has 1 saturated carbocycles. The first kappa shape index (κ1) is 23.8. The van der Waals surface area contributed by atoms with Gasteiger partial charge in [-0.3, -0.25) is 10.1 Å². The molecule has 1 aliphatic carbocycles. The summed E-state index contributed by atoms with van der Waals surface area (Å²) >= 11 is 3.89. The Kier molecular flexibility index (Phi) is 9.39. The molecule has 0 bridgehead atoms. The number of ether oxygens (including phenoxy) is 2. The van der Waals surface area contributed by atoms with Gasteiger partial charge in [-0.05, 0) is 54.4 Å². The second kappa shape index (κ2) is 12.2. The van der Waals surface area contributed by atoms with Crippen molar-refractivity contribution in [3.63, 3.8) is 0 Å². The second-order valence-electron chi connectivity index (χ2n) is 7.84. The number of carbonyl (C=O) groups is 3. The van der Waals surface area contributed by atoms with Crippen molar-refractivity contribution in [1.29, 1.82) is 0 Å². The number of carbonyl (C=O) groups excluding carboxylic acids is 3. The predicted molar refractivity (Wildman–Crippen MR) is 123 cm³/mol. The number of imide groups is 1. The quantitative estimate of drug-likeness (QED) is 0.589. The van der Waals surface area contributed by atoms with Gasteiger partial charge in [-0.1, -0.05) is 31.9 Å². The summed E-state index contributed by atoms with van der Waals surface area (Å²) in [5.41, 5.74) is 1.24. The van der Waals surface area contributed by atoms with Gasteiger partial charge >= 0.3 is 12.0 Å². The molecule has 0 unspecified atom stereocenters. The Balaban J connectivity index is 1.32. The van der Waals surface area contributed by atoms with Gasteiger partial charge in [0.25, 0.3) is 5.91 Å². The first-order valence-corrected chi connectivity index (χ1v) is 12.8. The highest BCUT2D eigenvalue weighted by molar-refractivity contribution is 8.16. The molecule has 2 fully saturated rings. The summed E-state index contributed by atoms with van der Waals surface area (Å²) in [4.78, 5) is 35.6. The topological polar surface area (TPSA) is 93.7 Å². The van der Waals surface area contributed by atoms with Crippen LogP contribution in [-0.2, 0) is 14.3 Å². The highest BCUT2D eigenvalue weighted by Crippen LogP contribution is 2.43. The van der Waals surface area contributed by atoms with E-state index in [4.69, 9.17) is 9.47 Å². The maximum atomic E-state index is 12.0. The van der Waals surface area contributed by atoms with E-state index in [1.165, 1.54) is 29.9 Å². The van der Waals surface area contributed by atoms with Crippen molar-refractivity contribution in [1.82, 2.24) is 10.6 Å². The molecule has 2 aliphatic rings. The molecule has 2 N–H and O–H groups in total. The minimum atomic E-state index is -0.668. The van der Waals surface area contributed by atoms with E-state index in [1.807, 2.05) is 47.8 Å². The van der Waals surface area contributed by atoms with E-state index < -0.39 is 24.5 Å². The van der Waals surface area contributed by atoms with E-state index in [0.717, 1.165) is 19.3 Å². The third-order valence-electron chi connectivity index (χ3n) is 5.38. The van der Waals surface area contributed by atoms with Crippen LogP contribution in [0.5, 0.6) is 5.75 Å². The third-order valence-corrected chi connectivity index (χ3v) is 8.40. The normalized spacial score (nSPS) is 21.7. The van der Waals surface area contributed by atoms with Crippen LogP contribution >= 0.6 is 23.5 Å². The van der Waals surface area contributed by atoms with Crippen molar-refractivity contribution in [2.24, 2.45) is 5.92 Å². The fourth-order valence-corrected chi connectivity index (χ4v) is 6.52. The molecule has 9 heteroatoms. The van der Waals surface area contributed by atoms with Crippen LogP contribution in [0, 0.1) is 5.92 Å². The average molecular weight is 467 g/mol. The van der Waals surface area contributed by atoms with E-state index in [1.54, 1.807) is 0 Å². The highest BCUT2D eigenvalue weighted by Gasteiger charge is 2.23. The molecule has 3 rings (SSSR count). The summed E-state index contributed by atoms with van der Waals surface area (Å²) < 4.78 is 10.8. The van der Waals surface area contributed by atoms with Crippen LogP contribution < -0.4 is 15.4 Å². The molecular weight excluding hydrogens is 436 g/mol. The molecule has 1 aromatic carbocycles. The number of amides is 3. The molecule has 3 amide bonds. The van der Waals surface area contributed by atoms with Crippen LogP contribution in [0.4, 0.5) is 4.79 Å². The number of urea groups is 1. The molecule has 170 valence electrons. The summed E-state index contributed by atoms with van der Waals surface area (Å²) in [5.74, 6) is 1.98. The van der Waals surface area contributed by atoms with Crippen LogP contribution in [0.3, 0.4) is 0 Å². The van der Waals surface area contributed by atoms with E-state index in [-0.39, 0.29) is 12.6 Å². The summed E-state index contributed by atoms with van der Waals surface area (Å²) in [6.45, 7) is 1.27. The average Bonchev–Trinajstić information content (AvgIpc) is 2.79. The Labute approximate surface area is 191 Å². The second-order valence-corrected chi connectivity index (χ2v) is 10.6. The van der Waals surface area contributed by atoms with E-state index in [2.05, 4.69) is 17.6 Å². The Morgan fingerprint density at radius 3 is 2.42 bits per heavy atom. The van der Waals surface area contributed by atoms with E-state index >= 15 is 0 Å². The molecule has 7 nitrogen and oxygen atoms in total. The lowest BCUT2D eigenvalue weighted by Crippen LogP contribution is -2.48. The maximum Gasteiger partial charge on any atom is 0.344 e. The van der Waals surface area contributed by atoms with Crippen molar-refractivity contribution < 1.29 is 23.9 Å². The zero-order valence-corrected chi connectivity index (χ0v) is 19.4. The number of esters is 1. The molecule has 31 heavy (non-hydrogen) atoms. The molecule has 2 atom stereocenters. The first-order valence-electron chi connectivity index (χ1n) is 10.7.